The van der Waals surface area contributed by atoms with Gasteiger partial charge in [-0.3, -0.25) is 9.59 Å². The van der Waals surface area contributed by atoms with Crippen molar-refractivity contribution in [3.8, 4) is 0 Å². The number of esters is 2. The Labute approximate surface area is 104 Å². The summed E-state index contributed by atoms with van der Waals surface area (Å²) >= 11 is 0. The molecule has 0 bridgehead atoms. The monoisotopic (exact) mass is 244 g/mol. The van der Waals surface area contributed by atoms with E-state index in [1.165, 1.54) is 0 Å². The zero-order valence-corrected chi connectivity index (χ0v) is 11.5. The van der Waals surface area contributed by atoms with E-state index >= 15 is 0 Å². The van der Waals surface area contributed by atoms with Crippen molar-refractivity contribution in [2.75, 3.05) is 6.61 Å². The van der Waals surface area contributed by atoms with Gasteiger partial charge >= 0.3 is 11.9 Å². The second kappa shape index (κ2) is 7.30. The first kappa shape index (κ1) is 15.9. The van der Waals surface area contributed by atoms with E-state index in [0.717, 1.165) is 0 Å². The highest BCUT2D eigenvalue weighted by Crippen LogP contribution is 2.22. The van der Waals surface area contributed by atoms with Gasteiger partial charge in [0.2, 0.25) is 0 Å². The van der Waals surface area contributed by atoms with Crippen LogP contribution in [0.15, 0.2) is 0 Å². The number of carbonyl (C=O) groups is 2. The first-order chi connectivity index (χ1) is 7.77. The molecule has 0 aromatic rings. The number of rotatable bonds is 6. The molecule has 4 heteroatoms. The normalized spacial score (nSPS) is 13.0. The molecule has 0 fully saturated rings. The first-order valence-corrected chi connectivity index (χ1v) is 6.12. The average molecular weight is 244 g/mol. The largest absolute Gasteiger partial charge is 0.466 e. The Morgan fingerprint density at radius 2 is 1.65 bits per heavy atom. The Morgan fingerprint density at radius 3 is 2.12 bits per heavy atom. The fourth-order valence-electron chi connectivity index (χ4n) is 1.04. The van der Waals surface area contributed by atoms with Crippen LogP contribution in [-0.4, -0.2) is 24.6 Å². The molecular weight excluding hydrogens is 220 g/mol. The average Bonchev–Trinajstić information content (AvgIpc) is 2.16. The summed E-state index contributed by atoms with van der Waals surface area (Å²) in [6.07, 6.45) is 0.887. The minimum absolute atomic E-state index is 0.0587. The summed E-state index contributed by atoms with van der Waals surface area (Å²) in [4.78, 5) is 22.5. The SMILES string of the molecule is CCOC(=O)CCCC(=O)OC(C)C(C)(C)C. The van der Waals surface area contributed by atoms with Crippen LogP contribution in [0.5, 0.6) is 0 Å². The van der Waals surface area contributed by atoms with Crippen LogP contribution < -0.4 is 0 Å². The summed E-state index contributed by atoms with van der Waals surface area (Å²) in [5.41, 5.74) is -0.0587. The molecule has 0 aliphatic carbocycles. The van der Waals surface area contributed by atoms with E-state index < -0.39 is 0 Å². The molecule has 0 heterocycles. The minimum atomic E-state index is -0.260. The van der Waals surface area contributed by atoms with Gasteiger partial charge in [-0.2, -0.15) is 0 Å². The number of ether oxygens (including phenoxy) is 2. The van der Waals surface area contributed by atoms with Crippen molar-refractivity contribution in [2.45, 2.75) is 60.0 Å². The van der Waals surface area contributed by atoms with Crippen LogP contribution in [-0.2, 0) is 19.1 Å². The molecule has 4 nitrogen and oxygen atoms in total. The summed E-state index contributed by atoms with van der Waals surface area (Å²) in [5.74, 6) is -0.513. The molecule has 0 aliphatic rings. The lowest BCUT2D eigenvalue weighted by Crippen LogP contribution is -2.28. The van der Waals surface area contributed by atoms with Crippen LogP contribution in [0.4, 0.5) is 0 Å². The van der Waals surface area contributed by atoms with Gasteiger partial charge in [0.15, 0.2) is 0 Å². The molecule has 17 heavy (non-hydrogen) atoms. The second-order valence-electron chi connectivity index (χ2n) is 5.16. The van der Waals surface area contributed by atoms with Crippen molar-refractivity contribution < 1.29 is 19.1 Å². The maximum Gasteiger partial charge on any atom is 0.306 e. The Morgan fingerprint density at radius 1 is 1.12 bits per heavy atom. The molecule has 0 amide bonds. The first-order valence-electron chi connectivity index (χ1n) is 6.12. The maximum absolute atomic E-state index is 11.5. The lowest BCUT2D eigenvalue weighted by atomic mass is 9.90. The van der Waals surface area contributed by atoms with Crippen molar-refractivity contribution in [3.63, 3.8) is 0 Å². The Hall–Kier alpha value is -1.06. The van der Waals surface area contributed by atoms with E-state index in [9.17, 15) is 9.59 Å². The zero-order valence-electron chi connectivity index (χ0n) is 11.5. The molecule has 0 saturated heterocycles. The fraction of sp³-hybridized carbons (Fsp3) is 0.846. The molecule has 0 aromatic carbocycles. The Balaban J connectivity index is 3.78. The summed E-state index contributed by atoms with van der Waals surface area (Å²) in [6.45, 7) is 10.1. The molecule has 0 spiro atoms. The van der Waals surface area contributed by atoms with Crippen molar-refractivity contribution in [3.05, 3.63) is 0 Å². The van der Waals surface area contributed by atoms with E-state index in [2.05, 4.69) is 0 Å². The summed E-state index contributed by atoms with van der Waals surface area (Å²) in [7, 11) is 0. The highest BCUT2D eigenvalue weighted by molar-refractivity contribution is 5.72. The van der Waals surface area contributed by atoms with Crippen LogP contribution in [0.25, 0.3) is 0 Å². The van der Waals surface area contributed by atoms with Gasteiger partial charge in [0.25, 0.3) is 0 Å². The van der Waals surface area contributed by atoms with Crippen molar-refractivity contribution in [2.24, 2.45) is 5.41 Å². The number of carbonyl (C=O) groups excluding carboxylic acids is 2. The molecule has 0 N–H and O–H groups in total. The minimum Gasteiger partial charge on any atom is -0.466 e. The van der Waals surface area contributed by atoms with Gasteiger partial charge in [-0.15, -0.1) is 0 Å². The molecular formula is C13H24O4. The van der Waals surface area contributed by atoms with Crippen LogP contribution >= 0.6 is 0 Å². The quantitative estimate of drug-likeness (QED) is 0.674. The van der Waals surface area contributed by atoms with Gasteiger partial charge in [-0.1, -0.05) is 20.8 Å². The second-order valence-corrected chi connectivity index (χ2v) is 5.16. The zero-order chi connectivity index (χ0) is 13.5. The fourth-order valence-corrected chi connectivity index (χ4v) is 1.04. The molecule has 1 atom stereocenters. The molecule has 0 saturated carbocycles. The van der Waals surface area contributed by atoms with Crippen molar-refractivity contribution in [1.82, 2.24) is 0 Å². The molecule has 0 aliphatic heterocycles. The van der Waals surface area contributed by atoms with Crippen LogP contribution in [0.2, 0.25) is 0 Å². The van der Waals surface area contributed by atoms with E-state index in [-0.39, 0.29) is 36.3 Å². The van der Waals surface area contributed by atoms with E-state index in [0.29, 0.717) is 13.0 Å². The summed E-state index contributed by atoms with van der Waals surface area (Å²) in [5, 5.41) is 0. The summed E-state index contributed by atoms with van der Waals surface area (Å²) < 4.78 is 10.0. The molecule has 0 rings (SSSR count). The summed E-state index contributed by atoms with van der Waals surface area (Å²) in [6, 6.07) is 0. The number of hydrogen-bond acceptors (Lipinski definition) is 4. The predicted octanol–water partition coefficient (Wildman–Crippen LogP) is 2.70. The van der Waals surface area contributed by atoms with Gasteiger partial charge in [-0.05, 0) is 25.7 Å². The third-order valence-corrected chi connectivity index (χ3v) is 2.59. The highest BCUT2D eigenvalue weighted by atomic mass is 16.5. The van der Waals surface area contributed by atoms with E-state index in [4.69, 9.17) is 9.47 Å². The van der Waals surface area contributed by atoms with Gasteiger partial charge in [0.1, 0.15) is 6.10 Å². The van der Waals surface area contributed by atoms with Gasteiger partial charge in [0.05, 0.1) is 6.61 Å². The van der Waals surface area contributed by atoms with Gasteiger partial charge < -0.3 is 9.47 Å². The smallest absolute Gasteiger partial charge is 0.306 e. The highest BCUT2D eigenvalue weighted by Gasteiger charge is 2.23. The molecule has 1 unspecified atom stereocenters. The molecule has 0 aromatic heterocycles. The van der Waals surface area contributed by atoms with E-state index in [1.54, 1.807) is 6.92 Å². The van der Waals surface area contributed by atoms with Crippen molar-refractivity contribution >= 4 is 11.9 Å². The van der Waals surface area contributed by atoms with Crippen molar-refractivity contribution in [1.29, 1.82) is 0 Å². The standard InChI is InChI=1S/C13H24O4/c1-6-16-11(14)8-7-9-12(15)17-10(2)13(3,4)5/h10H,6-9H2,1-5H3. The third kappa shape index (κ3) is 7.77. The van der Waals surface area contributed by atoms with Gasteiger partial charge in [0, 0.05) is 12.8 Å². The van der Waals surface area contributed by atoms with Gasteiger partial charge in [-0.25, -0.2) is 0 Å². The lowest BCUT2D eigenvalue weighted by Gasteiger charge is -2.26. The lowest BCUT2D eigenvalue weighted by molar-refractivity contribution is -0.153. The number of hydrogen-bond donors (Lipinski definition) is 0. The van der Waals surface area contributed by atoms with Crippen LogP contribution in [0, 0.1) is 5.41 Å². The van der Waals surface area contributed by atoms with Crippen LogP contribution in [0.3, 0.4) is 0 Å². The Kier molecular flexibility index (Phi) is 6.85. The maximum atomic E-state index is 11.5. The topological polar surface area (TPSA) is 52.6 Å². The molecule has 0 radical (unpaired) electrons. The molecule has 100 valence electrons. The Bertz CT molecular complexity index is 253. The third-order valence-electron chi connectivity index (χ3n) is 2.59. The predicted molar refractivity (Wildman–Crippen MR) is 65.5 cm³/mol. The van der Waals surface area contributed by atoms with E-state index in [1.807, 2.05) is 27.7 Å². The van der Waals surface area contributed by atoms with Crippen LogP contribution in [0.1, 0.15) is 53.9 Å².